The summed E-state index contributed by atoms with van der Waals surface area (Å²) in [5.41, 5.74) is 7.40. The minimum Gasteiger partial charge on any atom is -0.476 e. The maximum absolute atomic E-state index is 12.9. The maximum atomic E-state index is 12.9. The van der Waals surface area contributed by atoms with E-state index >= 15 is 0 Å². The van der Waals surface area contributed by atoms with E-state index in [0.29, 0.717) is 24.0 Å². The molecule has 5 nitrogen and oxygen atoms in total. The molecule has 0 amide bonds. The van der Waals surface area contributed by atoms with Crippen molar-refractivity contribution in [2.75, 3.05) is 17.7 Å². The number of ether oxygens (including phenoxy) is 1. The fraction of sp³-hybridized carbons (Fsp3) is 0.333. The van der Waals surface area contributed by atoms with Crippen LogP contribution in [0, 0.1) is 5.82 Å². The van der Waals surface area contributed by atoms with Gasteiger partial charge in [-0.1, -0.05) is 12.1 Å². The molecular formula is C15H19FN4O. The molecule has 0 aliphatic heterocycles. The Balaban J connectivity index is 2.03. The van der Waals surface area contributed by atoms with Gasteiger partial charge in [-0.25, -0.2) is 9.37 Å². The highest BCUT2D eigenvalue weighted by molar-refractivity contribution is 5.66. The number of nitrogens with zero attached hydrogens (tertiary/aromatic N) is 2. The van der Waals surface area contributed by atoms with Crippen LogP contribution in [0.3, 0.4) is 0 Å². The zero-order chi connectivity index (χ0) is 15.2. The second-order valence-electron chi connectivity index (χ2n) is 4.75. The highest BCUT2D eigenvalue weighted by Gasteiger charge is 2.11. The summed E-state index contributed by atoms with van der Waals surface area (Å²) < 4.78 is 18.2. The van der Waals surface area contributed by atoms with Gasteiger partial charge in [0.15, 0.2) is 5.82 Å². The van der Waals surface area contributed by atoms with E-state index in [0.717, 1.165) is 12.0 Å². The Morgan fingerprint density at radius 1 is 1.29 bits per heavy atom. The van der Waals surface area contributed by atoms with Gasteiger partial charge in [-0.2, -0.15) is 4.98 Å². The van der Waals surface area contributed by atoms with Crippen molar-refractivity contribution < 1.29 is 9.13 Å². The van der Waals surface area contributed by atoms with E-state index in [1.54, 1.807) is 12.1 Å². The molecule has 1 aromatic carbocycles. The third-order valence-electron chi connectivity index (χ3n) is 2.97. The van der Waals surface area contributed by atoms with Crippen molar-refractivity contribution in [3.63, 3.8) is 0 Å². The fourth-order valence-corrected chi connectivity index (χ4v) is 2.00. The Morgan fingerprint density at radius 2 is 2.00 bits per heavy atom. The molecule has 6 heteroatoms. The lowest BCUT2D eigenvalue weighted by Gasteiger charge is -2.16. The molecule has 1 aromatic heterocycles. The summed E-state index contributed by atoms with van der Waals surface area (Å²) in [6.45, 7) is 4.36. The highest BCUT2D eigenvalue weighted by Crippen LogP contribution is 2.25. The molecular weight excluding hydrogens is 271 g/mol. The normalized spacial score (nSPS) is 12.0. The van der Waals surface area contributed by atoms with Gasteiger partial charge in [0.2, 0.25) is 5.88 Å². The van der Waals surface area contributed by atoms with Gasteiger partial charge in [-0.3, -0.25) is 0 Å². The zero-order valence-electron chi connectivity index (χ0n) is 12.1. The third kappa shape index (κ3) is 4.05. The van der Waals surface area contributed by atoms with E-state index < -0.39 is 0 Å². The number of hydrogen-bond donors (Lipinski definition) is 2. The number of hydrogen-bond acceptors (Lipinski definition) is 5. The highest BCUT2D eigenvalue weighted by atomic mass is 19.1. The van der Waals surface area contributed by atoms with Crippen LogP contribution in [0.4, 0.5) is 15.9 Å². The molecule has 2 aromatic rings. The van der Waals surface area contributed by atoms with Crippen LogP contribution in [0.5, 0.6) is 5.88 Å². The van der Waals surface area contributed by atoms with Crippen molar-refractivity contribution >= 4 is 11.5 Å². The Bertz CT molecular complexity index is 589. The Hall–Kier alpha value is -2.37. The van der Waals surface area contributed by atoms with E-state index in [2.05, 4.69) is 15.3 Å². The van der Waals surface area contributed by atoms with Gasteiger partial charge in [0.25, 0.3) is 0 Å². The lowest BCUT2D eigenvalue weighted by molar-refractivity contribution is 0.328. The van der Waals surface area contributed by atoms with Gasteiger partial charge in [0, 0.05) is 6.04 Å². The van der Waals surface area contributed by atoms with Crippen LogP contribution >= 0.6 is 0 Å². The largest absolute Gasteiger partial charge is 0.476 e. The fourth-order valence-electron chi connectivity index (χ4n) is 2.00. The molecule has 0 bridgehead atoms. The van der Waals surface area contributed by atoms with E-state index in [1.165, 1.54) is 18.5 Å². The molecule has 0 spiro atoms. The molecule has 0 saturated carbocycles. The van der Waals surface area contributed by atoms with Crippen LogP contribution in [0.25, 0.3) is 0 Å². The summed E-state index contributed by atoms with van der Waals surface area (Å²) >= 11 is 0. The smallest absolute Gasteiger partial charge is 0.242 e. The molecule has 0 fully saturated rings. The van der Waals surface area contributed by atoms with Crippen LogP contribution in [-0.2, 0) is 6.42 Å². The summed E-state index contributed by atoms with van der Waals surface area (Å²) in [4.78, 5) is 8.12. The quantitative estimate of drug-likeness (QED) is 0.855. The lowest BCUT2D eigenvalue weighted by atomic mass is 10.1. The van der Waals surface area contributed by atoms with Gasteiger partial charge in [-0.15, -0.1) is 0 Å². The Kier molecular flexibility index (Phi) is 4.92. The third-order valence-corrected chi connectivity index (χ3v) is 2.97. The standard InChI is InChI=1S/C15H19FN4O/c1-3-21-15-13(17)14(18-9-19-15)20-10(2)8-11-4-6-12(16)7-5-11/h4-7,9-10H,3,8,17H2,1-2H3,(H,18,19,20). The minimum absolute atomic E-state index is 0.0853. The number of aromatic nitrogens is 2. The molecule has 0 aliphatic rings. The van der Waals surface area contributed by atoms with Crippen LogP contribution in [0.15, 0.2) is 30.6 Å². The molecule has 2 rings (SSSR count). The topological polar surface area (TPSA) is 73.1 Å². The van der Waals surface area contributed by atoms with Crippen molar-refractivity contribution in [2.24, 2.45) is 0 Å². The van der Waals surface area contributed by atoms with Gasteiger partial charge < -0.3 is 15.8 Å². The first-order chi connectivity index (χ1) is 10.1. The Labute approximate surface area is 123 Å². The maximum Gasteiger partial charge on any atom is 0.242 e. The number of nitrogens with two attached hydrogens (primary N) is 1. The molecule has 3 N–H and O–H groups in total. The SMILES string of the molecule is CCOc1ncnc(NC(C)Cc2ccc(F)cc2)c1N. The molecule has 1 unspecified atom stereocenters. The van der Waals surface area contributed by atoms with Crippen LogP contribution in [-0.4, -0.2) is 22.6 Å². The van der Waals surface area contributed by atoms with Gasteiger partial charge in [0.1, 0.15) is 17.8 Å². The van der Waals surface area contributed by atoms with E-state index in [9.17, 15) is 4.39 Å². The average Bonchev–Trinajstić information content (AvgIpc) is 2.46. The number of nitrogen functional groups attached to an aromatic ring is 1. The average molecular weight is 290 g/mol. The van der Waals surface area contributed by atoms with Gasteiger partial charge in [0.05, 0.1) is 6.61 Å². The number of halogens is 1. The number of nitrogens with one attached hydrogen (secondary N) is 1. The van der Waals surface area contributed by atoms with Crippen molar-refractivity contribution in [3.05, 3.63) is 42.0 Å². The van der Waals surface area contributed by atoms with E-state index in [1.807, 2.05) is 13.8 Å². The van der Waals surface area contributed by atoms with Gasteiger partial charge in [-0.05, 0) is 38.0 Å². The van der Waals surface area contributed by atoms with Gasteiger partial charge >= 0.3 is 0 Å². The molecule has 0 radical (unpaired) electrons. The summed E-state index contributed by atoms with van der Waals surface area (Å²) in [5.74, 6) is 0.688. The second-order valence-corrected chi connectivity index (χ2v) is 4.75. The predicted octanol–water partition coefficient (Wildman–Crippen LogP) is 2.64. The summed E-state index contributed by atoms with van der Waals surface area (Å²) in [6, 6.07) is 6.52. The first-order valence-electron chi connectivity index (χ1n) is 6.84. The lowest BCUT2D eigenvalue weighted by Crippen LogP contribution is -2.20. The molecule has 0 saturated heterocycles. The molecule has 1 heterocycles. The molecule has 1 atom stereocenters. The summed E-state index contributed by atoms with van der Waals surface area (Å²) in [7, 11) is 0. The molecule has 21 heavy (non-hydrogen) atoms. The first kappa shape index (κ1) is 15.0. The van der Waals surface area contributed by atoms with Crippen LogP contribution < -0.4 is 15.8 Å². The van der Waals surface area contributed by atoms with E-state index in [-0.39, 0.29) is 11.9 Å². The van der Waals surface area contributed by atoms with E-state index in [4.69, 9.17) is 10.5 Å². The Morgan fingerprint density at radius 3 is 2.67 bits per heavy atom. The van der Waals surface area contributed by atoms with Crippen molar-refractivity contribution in [3.8, 4) is 5.88 Å². The number of anilines is 2. The van der Waals surface area contributed by atoms with Crippen molar-refractivity contribution in [1.82, 2.24) is 9.97 Å². The van der Waals surface area contributed by atoms with Crippen molar-refractivity contribution in [2.45, 2.75) is 26.3 Å². The van der Waals surface area contributed by atoms with Crippen LogP contribution in [0.2, 0.25) is 0 Å². The summed E-state index contributed by atoms with van der Waals surface area (Å²) in [6.07, 6.45) is 2.14. The number of benzene rings is 1. The predicted molar refractivity (Wildman–Crippen MR) is 80.8 cm³/mol. The first-order valence-corrected chi connectivity index (χ1v) is 6.84. The minimum atomic E-state index is -0.235. The zero-order valence-corrected chi connectivity index (χ0v) is 12.1. The molecule has 0 aliphatic carbocycles. The second kappa shape index (κ2) is 6.88. The summed E-state index contributed by atoms with van der Waals surface area (Å²) in [5, 5.41) is 3.22. The monoisotopic (exact) mass is 290 g/mol. The van der Waals surface area contributed by atoms with Crippen molar-refractivity contribution in [1.29, 1.82) is 0 Å². The number of rotatable bonds is 6. The van der Waals surface area contributed by atoms with Crippen LogP contribution in [0.1, 0.15) is 19.4 Å². The molecule has 112 valence electrons.